The number of hydrogen-bond donors (Lipinski definition) is 0. The summed E-state index contributed by atoms with van der Waals surface area (Å²) in [6.45, 7) is 0. The van der Waals surface area contributed by atoms with Gasteiger partial charge in [0.05, 0.1) is 5.69 Å². The monoisotopic (exact) mass is 273 g/mol. The Kier molecular flexibility index (Phi) is 4.30. The number of rotatable bonds is 4. The molecule has 1 aliphatic rings. The maximum Gasteiger partial charge on any atom is 0.203 e. The van der Waals surface area contributed by atoms with Gasteiger partial charge in [0, 0.05) is 39.0 Å². The molecular weight excluding hydrogens is 257 g/mol. The quantitative estimate of drug-likeness (QED) is 0.791. The lowest BCUT2D eigenvalue weighted by Crippen LogP contribution is -2.21. The molecule has 0 aromatic heterocycles. The molecule has 0 saturated heterocycles. The Bertz CT molecular complexity index is 591. The molecule has 2 rings (SSSR count). The predicted octanol–water partition coefficient (Wildman–Crippen LogP) is 2.55. The summed E-state index contributed by atoms with van der Waals surface area (Å²) in [5, 5.41) is 5.75. The lowest BCUT2D eigenvalue weighted by Gasteiger charge is -2.19. The zero-order chi connectivity index (χ0) is 14.5. The minimum absolute atomic E-state index is 0.149. The fraction of sp³-hybridized carbons (Fsp3) is 0.200. The van der Waals surface area contributed by atoms with Gasteiger partial charge in [0.1, 0.15) is 11.5 Å². The number of benzene rings is 1. The highest BCUT2D eigenvalue weighted by Crippen LogP contribution is 2.19. The number of nitrogens with zero attached hydrogens (tertiary/aromatic N) is 3. The van der Waals surface area contributed by atoms with E-state index >= 15 is 0 Å². The fourth-order valence-electron chi connectivity index (χ4n) is 1.69. The second kappa shape index (κ2) is 6.14. The molecule has 5 heteroatoms. The van der Waals surface area contributed by atoms with Crippen LogP contribution in [0.5, 0.6) is 0 Å². The molecule has 0 aliphatic carbocycles. The van der Waals surface area contributed by atoms with Crippen molar-refractivity contribution in [2.45, 2.75) is 6.42 Å². The van der Waals surface area contributed by atoms with Gasteiger partial charge < -0.3 is 4.90 Å². The zero-order valence-corrected chi connectivity index (χ0v) is 11.5. The highest BCUT2D eigenvalue weighted by atomic mass is 19.1. The molecular formula is C15H16FN3O. The Morgan fingerprint density at radius 1 is 1.45 bits per heavy atom. The standard InChI is InChI=1S/C15H16FN3O/c1-18(2)10-8-15(20)14-7-4-9-19(17-14)13-6-3-5-12(16)11-13/h3-6,8-11H,7H2,1-2H3. The summed E-state index contributed by atoms with van der Waals surface area (Å²) in [6.07, 6.45) is 7.18. The molecule has 0 saturated carbocycles. The molecule has 1 aromatic rings. The number of hydrazone groups is 1. The van der Waals surface area contributed by atoms with Crippen LogP contribution in [0, 0.1) is 5.82 Å². The summed E-state index contributed by atoms with van der Waals surface area (Å²) in [4.78, 5) is 13.7. The van der Waals surface area contributed by atoms with Crippen LogP contribution in [-0.2, 0) is 4.79 Å². The molecule has 0 fully saturated rings. The van der Waals surface area contributed by atoms with Crippen LogP contribution in [0.3, 0.4) is 0 Å². The summed E-state index contributed by atoms with van der Waals surface area (Å²) in [5.74, 6) is -0.485. The third kappa shape index (κ3) is 3.54. The molecule has 1 aliphatic heterocycles. The first-order chi connectivity index (χ1) is 9.56. The van der Waals surface area contributed by atoms with Gasteiger partial charge in [0.25, 0.3) is 0 Å². The van der Waals surface area contributed by atoms with E-state index in [0.29, 0.717) is 17.8 Å². The molecule has 1 heterocycles. The minimum atomic E-state index is -0.336. The number of anilines is 1. The molecule has 20 heavy (non-hydrogen) atoms. The Hall–Kier alpha value is -2.43. The van der Waals surface area contributed by atoms with Crippen molar-refractivity contribution in [2.75, 3.05) is 19.1 Å². The van der Waals surface area contributed by atoms with Crippen molar-refractivity contribution in [3.8, 4) is 0 Å². The summed E-state index contributed by atoms with van der Waals surface area (Å²) >= 11 is 0. The Morgan fingerprint density at radius 3 is 2.95 bits per heavy atom. The van der Waals surface area contributed by atoms with E-state index in [1.54, 1.807) is 29.4 Å². The van der Waals surface area contributed by atoms with E-state index in [2.05, 4.69) is 5.10 Å². The van der Waals surface area contributed by atoms with Gasteiger partial charge in [0.2, 0.25) is 5.78 Å². The summed E-state index contributed by atoms with van der Waals surface area (Å²) in [5.41, 5.74) is 1.01. The number of halogens is 1. The van der Waals surface area contributed by atoms with Gasteiger partial charge in [0.15, 0.2) is 0 Å². The van der Waals surface area contributed by atoms with E-state index in [0.717, 1.165) is 0 Å². The van der Waals surface area contributed by atoms with Crippen LogP contribution in [0.2, 0.25) is 0 Å². The van der Waals surface area contributed by atoms with E-state index in [9.17, 15) is 9.18 Å². The van der Waals surface area contributed by atoms with Gasteiger partial charge >= 0.3 is 0 Å². The fourth-order valence-corrected chi connectivity index (χ4v) is 1.69. The molecule has 0 spiro atoms. The van der Waals surface area contributed by atoms with Gasteiger partial charge in [-0.2, -0.15) is 5.10 Å². The first kappa shape index (κ1) is 14.0. The van der Waals surface area contributed by atoms with Crippen LogP contribution < -0.4 is 5.01 Å². The molecule has 4 nitrogen and oxygen atoms in total. The predicted molar refractivity (Wildman–Crippen MR) is 77.9 cm³/mol. The van der Waals surface area contributed by atoms with Crippen molar-refractivity contribution in [3.05, 3.63) is 54.6 Å². The summed E-state index contributed by atoms with van der Waals surface area (Å²) < 4.78 is 13.2. The van der Waals surface area contributed by atoms with Crippen molar-refractivity contribution in [3.63, 3.8) is 0 Å². The van der Waals surface area contributed by atoms with E-state index in [1.165, 1.54) is 23.2 Å². The van der Waals surface area contributed by atoms with Crippen molar-refractivity contribution >= 4 is 17.2 Å². The van der Waals surface area contributed by atoms with Gasteiger partial charge in [-0.3, -0.25) is 4.79 Å². The van der Waals surface area contributed by atoms with Crippen LogP contribution in [0.15, 0.2) is 53.9 Å². The van der Waals surface area contributed by atoms with Crippen LogP contribution in [0.1, 0.15) is 6.42 Å². The molecule has 0 amide bonds. The van der Waals surface area contributed by atoms with Crippen LogP contribution in [0.4, 0.5) is 10.1 Å². The Morgan fingerprint density at radius 2 is 2.25 bits per heavy atom. The van der Waals surface area contributed by atoms with Crippen LogP contribution >= 0.6 is 0 Å². The Labute approximate surface area is 117 Å². The lowest BCUT2D eigenvalue weighted by molar-refractivity contribution is -0.109. The van der Waals surface area contributed by atoms with Gasteiger partial charge in [-0.05, 0) is 18.2 Å². The first-order valence-electron chi connectivity index (χ1n) is 6.24. The molecule has 0 bridgehead atoms. The molecule has 0 atom stereocenters. The third-order valence-electron chi connectivity index (χ3n) is 2.67. The average molecular weight is 273 g/mol. The normalized spacial score (nSPS) is 14.6. The molecule has 1 aromatic carbocycles. The van der Waals surface area contributed by atoms with Crippen molar-refractivity contribution in [2.24, 2.45) is 5.10 Å². The molecule has 0 radical (unpaired) electrons. The van der Waals surface area contributed by atoms with Crippen LogP contribution in [-0.4, -0.2) is 30.5 Å². The minimum Gasteiger partial charge on any atom is -0.383 e. The van der Waals surface area contributed by atoms with Gasteiger partial charge in [-0.15, -0.1) is 0 Å². The number of ketones is 1. The first-order valence-corrected chi connectivity index (χ1v) is 6.24. The van der Waals surface area contributed by atoms with Crippen molar-refractivity contribution in [1.29, 1.82) is 0 Å². The maximum absolute atomic E-state index is 13.2. The second-order valence-electron chi connectivity index (χ2n) is 4.60. The molecule has 0 unspecified atom stereocenters. The highest BCUT2D eigenvalue weighted by Gasteiger charge is 2.14. The van der Waals surface area contributed by atoms with E-state index in [-0.39, 0.29) is 11.6 Å². The SMILES string of the molecule is CN(C)C=CC(=O)C1=NN(c2cccc(F)c2)C=CC1. The molecule has 104 valence electrons. The van der Waals surface area contributed by atoms with E-state index < -0.39 is 0 Å². The maximum atomic E-state index is 13.2. The smallest absolute Gasteiger partial charge is 0.203 e. The van der Waals surface area contributed by atoms with Crippen molar-refractivity contribution < 1.29 is 9.18 Å². The average Bonchev–Trinajstić information content (AvgIpc) is 2.45. The topological polar surface area (TPSA) is 35.9 Å². The van der Waals surface area contributed by atoms with Gasteiger partial charge in [-0.1, -0.05) is 12.1 Å². The van der Waals surface area contributed by atoms with E-state index in [4.69, 9.17) is 0 Å². The number of allylic oxidation sites excluding steroid dienone is 2. The van der Waals surface area contributed by atoms with Gasteiger partial charge in [-0.25, -0.2) is 9.40 Å². The lowest BCUT2D eigenvalue weighted by atomic mass is 10.1. The second-order valence-corrected chi connectivity index (χ2v) is 4.60. The third-order valence-corrected chi connectivity index (χ3v) is 2.67. The highest BCUT2D eigenvalue weighted by molar-refractivity contribution is 6.44. The van der Waals surface area contributed by atoms with E-state index in [1.807, 2.05) is 20.2 Å². The molecule has 0 N–H and O–H groups in total. The number of hydrogen-bond acceptors (Lipinski definition) is 4. The summed E-state index contributed by atoms with van der Waals surface area (Å²) in [7, 11) is 3.68. The zero-order valence-electron chi connectivity index (χ0n) is 11.5. The Balaban J connectivity index is 2.19. The van der Waals surface area contributed by atoms with Crippen LogP contribution in [0.25, 0.3) is 0 Å². The largest absolute Gasteiger partial charge is 0.383 e. The number of carbonyl (C=O) groups is 1. The number of carbonyl (C=O) groups excluding carboxylic acids is 1. The summed E-state index contributed by atoms with van der Waals surface area (Å²) in [6, 6.07) is 6.08. The van der Waals surface area contributed by atoms with Crippen molar-refractivity contribution in [1.82, 2.24) is 4.90 Å².